The minimum absolute atomic E-state index is 0. The van der Waals surface area contributed by atoms with Gasteiger partial charge in [-0.3, -0.25) is 4.98 Å². The molecule has 1 aromatic rings. The molecule has 1 unspecified atom stereocenters. The molecule has 0 saturated carbocycles. The normalized spacial score (nSPS) is 21.5. The second-order valence-electron chi connectivity index (χ2n) is 3.31. The van der Waals surface area contributed by atoms with Crippen LogP contribution < -0.4 is 10.2 Å². The van der Waals surface area contributed by atoms with Crippen LogP contribution in [0.5, 0.6) is 0 Å². The summed E-state index contributed by atoms with van der Waals surface area (Å²) in [6, 6.07) is 0.505. The smallest absolute Gasteiger partial charge is 0.147 e. The van der Waals surface area contributed by atoms with Gasteiger partial charge in [0.1, 0.15) is 5.82 Å². The van der Waals surface area contributed by atoms with Gasteiger partial charge in [0.25, 0.3) is 0 Å². The lowest BCUT2D eigenvalue weighted by Crippen LogP contribution is -2.50. The molecule has 0 spiro atoms. The molecule has 1 aromatic heterocycles. The second kappa shape index (κ2) is 5.12. The number of rotatable bonds is 1. The quantitative estimate of drug-likeness (QED) is 0.747. The molecular weight excluding hydrogens is 200 g/mol. The Morgan fingerprint density at radius 3 is 3.00 bits per heavy atom. The molecular formula is C9H15ClN4. The van der Waals surface area contributed by atoms with Crippen LogP contribution in [-0.4, -0.2) is 35.6 Å². The van der Waals surface area contributed by atoms with E-state index in [0.29, 0.717) is 6.04 Å². The molecule has 1 fully saturated rings. The van der Waals surface area contributed by atoms with Crippen molar-refractivity contribution in [3.63, 3.8) is 0 Å². The summed E-state index contributed by atoms with van der Waals surface area (Å²) in [5.74, 6) is 0.983. The minimum atomic E-state index is 0. The predicted molar refractivity (Wildman–Crippen MR) is 59.0 cm³/mol. The largest absolute Gasteiger partial charge is 0.350 e. The van der Waals surface area contributed by atoms with E-state index in [-0.39, 0.29) is 12.4 Å². The van der Waals surface area contributed by atoms with Gasteiger partial charge >= 0.3 is 0 Å². The van der Waals surface area contributed by atoms with Crippen LogP contribution in [0.4, 0.5) is 5.82 Å². The average Bonchev–Trinajstić information content (AvgIpc) is 2.20. The van der Waals surface area contributed by atoms with Gasteiger partial charge in [0.15, 0.2) is 0 Å². The highest BCUT2D eigenvalue weighted by molar-refractivity contribution is 5.85. The summed E-state index contributed by atoms with van der Waals surface area (Å²) in [5, 5.41) is 3.34. The lowest BCUT2D eigenvalue weighted by atomic mass is 10.2. The van der Waals surface area contributed by atoms with Crippen molar-refractivity contribution in [2.45, 2.75) is 13.0 Å². The number of hydrogen-bond donors (Lipinski definition) is 1. The maximum Gasteiger partial charge on any atom is 0.147 e. The van der Waals surface area contributed by atoms with Crippen molar-refractivity contribution in [1.82, 2.24) is 15.3 Å². The Balaban J connectivity index is 0.000000980. The topological polar surface area (TPSA) is 41.0 Å². The summed E-state index contributed by atoms with van der Waals surface area (Å²) in [6.07, 6.45) is 5.27. The monoisotopic (exact) mass is 214 g/mol. The van der Waals surface area contributed by atoms with Gasteiger partial charge in [-0.15, -0.1) is 12.4 Å². The summed E-state index contributed by atoms with van der Waals surface area (Å²) in [7, 11) is 0. The van der Waals surface area contributed by atoms with E-state index >= 15 is 0 Å². The summed E-state index contributed by atoms with van der Waals surface area (Å²) in [6.45, 7) is 5.26. The second-order valence-corrected chi connectivity index (χ2v) is 3.31. The van der Waals surface area contributed by atoms with Gasteiger partial charge in [-0.25, -0.2) is 4.98 Å². The molecule has 14 heavy (non-hydrogen) atoms. The van der Waals surface area contributed by atoms with Gasteiger partial charge < -0.3 is 10.2 Å². The SMILES string of the molecule is CC1CNCCN1c1cnccn1.Cl. The highest BCUT2D eigenvalue weighted by Gasteiger charge is 2.18. The molecule has 2 rings (SSSR count). The number of nitrogens with zero attached hydrogens (tertiary/aromatic N) is 3. The van der Waals surface area contributed by atoms with E-state index in [9.17, 15) is 0 Å². The molecule has 0 aliphatic carbocycles. The maximum absolute atomic E-state index is 4.29. The van der Waals surface area contributed by atoms with Crippen LogP contribution in [0.2, 0.25) is 0 Å². The average molecular weight is 215 g/mol. The highest BCUT2D eigenvalue weighted by Crippen LogP contribution is 2.12. The van der Waals surface area contributed by atoms with Gasteiger partial charge in [0.2, 0.25) is 0 Å². The van der Waals surface area contributed by atoms with Crippen molar-refractivity contribution >= 4 is 18.2 Å². The van der Waals surface area contributed by atoms with Crippen LogP contribution in [0.25, 0.3) is 0 Å². The molecule has 78 valence electrons. The highest BCUT2D eigenvalue weighted by atomic mass is 35.5. The molecule has 0 aromatic carbocycles. The molecule has 1 saturated heterocycles. The zero-order valence-electron chi connectivity index (χ0n) is 8.18. The van der Waals surface area contributed by atoms with Crippen molar-refractivity contribution in [2.75, 3.05) is 24.5 Å². The summed E-state index contributed by atoms with van der Waals surface area (Å²) in [4.78, 5) is 10.6. The Morgan fingerprint density at radius 2 is 2.36 bits per heavy atom. The van der Waals surface area contributed by atoms with Crippen molar-refractivity contribution in [2.24, 2.45) is 0 Å². The molecule has 5 heteroatoms. The van der Waals surface area contributed by atoms with Gasteiger partial charge in [-0.05, 0) is 6.92 Å². The van der Waals surface area contributed by atoms with Gasteiger partial charge in [-0.2, -0.15) is 0 Å². The van der Waals surface area contributed by atoms with Crippen LogP contribution in [0.1, 0.15) is 6.92 Å². The molecule has 4 nitrogen and oxygen atoms in total. The van der Waals surface area contributed by atoms with Crippen molar-refractivity contribution in [3.8, 4) is 0 Å². The van der Waals surface area contributed by atoms with E-state index in [1.54, 1.807) is 12.4 Å². The van der Waals surface area contributed by atoms with E-state index < -0.39 is 0 Å². The zero-order valence-corrected chi connectivity index (χ0v) is 9.00. The fraction of sp³-hybridized carbons (Fsp3) is 0.556. The standard InChI is InChI=1S/C9H14N4.ClH/c1-8-6-11-4-5-13(8)9-7-10-2-3-12-9;/h2-3,7-8,11H,4-6H2,1H3;1H. The first-order chi connectivity index (χ1) is 6.38. The number of halogens is 1. The summed E-state index contributed by atoms with van der Waals surface area (Å²) >= 11 is 0. The lowest BCUT2D eigenvalue weighted by Gasteiger charge is -2.34. The first-order valence-electron chi connectivity index (χ1n) is 4.61. The molecule has 1 aliphatic heterocycles. The Kier molecular flexibility index (Phi) is 4.10. The van der Waals surface area contributed by atoms with E-state index in [1.165, 1.54) is 0 Å². The molecule has 1 atom stereocenters. The number of piperazine rings is 1. The third-order valence-electron chi connectivity index (χ3n) is 2.35. The van der Waals surface area contributed by atoms with Crippen LogP contribution >= 0.6 is 12.4 Å². The Bertz CT molecular complexity index is 267. The Morgan fingerprint density at radius 1 is 1.50 bits per heavy atom. The van der Waals surface area contributed by atoms with E-state index in [0.717, 1.165) is 25.5 Å². The zero-order chi connectivity index (χ0) is 9.10. The molecule has 0 amide bonds. The van der Waals surface area contributed by atoms with Crippen molar-refractivity contribution < 1.29 is 0 Å². The molecule has 0 radical (unpaired) electrons. The first-order valence-corrected chi connectivity index (χ1v) is 4.61. The van der Waals surface area contributed by atoms with E-state index in [1.807, 2.05) is 6.20 Å². The van der Waals surface area contributed by atoms with Crippen molar-refractivity contribution in [1.29, 1.82) is 0 Å². The van der Waals surface area contributed by atoms with Gasteiger partial charge in [-0.1, -0.05) is 0 Å². The third-order valence-corrected chi connectivity index (χ3v) is 2.35. The third kappa shape index (κ3) is 2.33. The number of anilines is 1. The maximum atomic E-state index is 4.29. The minimum Gasteiger partial charge on any atom is -0.350 e. The van der Waals surface area contributed by atoms with Crippen LogP contribution in [0, 0.1) is 0 Å². The predicted octanol–water partition coefficient (Wildman–Crippen LogP) is 0.696. The lowest BCUT2D eigenvalue weighted by molar-refractivity contribution is 0.496. The molecule has 0 bridgehead atoms. The van der Waals surface area contributed by atoms with Gasteiger partial charge in [0, 0.05) is 38.1 Å². The number of nitrogens with one attached hydrogen (secondary N) is 1. The Labute approximate surface area is 90.2 Å². The van der Waals surface area contributed by atoms with Crippen molar-refractivity contribution in [3.05, 3.63) is 18.6 Å². The first kappa shape index (κ1) is 11.2. The molecule has 2 heterocycles. The van der Waals surface area contributed by atoms with Crippen LogP contribution in [-0.2, 0) is 0 Å². The molecule has 1 N–H and O–H groups in total. The van der Waals surface area contributed by atoms with E-state index in [4.69, 9.17) is 0 Å². The van der Waals surface area contributed by atoms with E-state index in [2.05, 4.69) is 27.1 Å². The van der Waals surface area contributed by atoms with Gasteiger partial charge in [0.05, 0.1) is 6.20 Å². The Hall–Kier alpha value is -0.870. The fourth-order valence-electron chi connectivity index (χ4n) is 1.62. The number of aromatic nitrogens is 2. The van der Waals surface area contributed by atoms with Crippen LogP contribution in [0.3, 0.4) is 0 Å². The van der Waals surface area contributed by atoms with Crippen LogP contribution in [0.15, 0.2) is 18.6 Å². The fourth-order valence-corrected chi connectivity index (χ4v) is 1.62. The number of hydrogen-bond acceptors (Lipinski definition) is 4. The summed E-state index contributed by atoms with van der Waals surface area (Å²) < 4.78 is 0. The molecule has 1 aliphatic rings. The summed E-state index contributed by atoms with van der Waals surface area (Å²) in [5.41, 5.74) is 0.